The summed E-state index contributed by atoms with van der Waals surface area (Å²) in [7, 11) is 1.51. The lowest BCUT2D eigenvalue weighted by molar-refractivity contribution is -0.117. The molecule has 0 bridgehead atoms. The number of amides is 1. The molecule has 8 nitrogen and oxygen atoms in total. The van der Waals surface area contributed by atoms with E-state index in [1.165, 1.54) is 11.8 Å². The third-order valence-electron chi connectivity index (χ3n) is 3.11. The molecule has 1 aromatic carbocycles. The normalized spacial score (nSPS) is 10.3. The summed E-state index contributed by atoms with van der Waals surface area (Å²) in [5.74, 6) is -0.987. The first-order valence-corrected chi connectivity index (χ1v) is 6.50. The van der Waals surface area contributed by atoms with Crippen LogP contribution in [0.3, 0.4) is 0 Å². The number of aromatic nitrogens is 3. The maximum absolute atomic E-state index is 12.1. The quantitative estimate of drug-likeness (QED) is 0.860. The number of carboxylic acid groups (broad SMARTS) is 1. The summed E-state index contributed by atoms with van der Waals surface area (Å²) < 4.78 is 6.42. The molecule has 0 aliphatic heterocycles. The summed E-state index contributed by atoms with van der Waals surface area (Å²) >= 11 is 0. The van der Waals surface area contributed by atoms with Gasteiger partial charge in [-0.15, -0.1) is 5.10 Å². The maximum atomic E-state index is 12.1. The van der Waals surface area contributed by atoms with Gasteiger partial charge in [0.15, 0.2) is 5.69 Å². The van der Waals surface area contributed by atoms with Crippen molar-refractivity contribution in [1.82, 2.24) is 15.0 Å². The van der Waals surface area contributed by atoms with Crippen molar-refractivity contribution in [2.24, 2.45) is 0 Å². The van der Waals surface area contributed by atoms with Crippen molar-refractivity contribution in [2.45, 2.75) is 20.4 Å². The minimum absolute atomic E-state index is 0.136. The Morgan fingerprint density at radius 1 is 1.36 bits per heavy atom. The number of rotatable bonds is 5. The second-order valence-electron chi connectivity index (χ2n) is 4.74. The molecule has 8 heteroatoms. The lowest BCUT2D eigenvalue weighted by Crippen LogP contribution is -2.21. The SMILES string of the molecule is COc1ccc(C)cc1NC(=O)Cn1nnc(C(=O)O)c1C. The van der Waals surface area contributed by atoms with Crippen LogP contribution in [0.5, 0.6) is 5.75 Å². The monoisotopic (exact) mass is 304 g/mol. The fourth-order valence-electron chi connectivity index (χ4n) is 1.95. The van der Waals surface area contributed by atoms with Gasteiger partial charge in [0.05, 0.1) is 18.5 Å². The van der Waals surface area contributed by atoms with E-state index in [4.69, 9.17) is 9.84 Å². The largest absolute Gasteiger partial charge is 0.495 e. The molecule has 2 aromatic rings. The van der Waals surface area contributed by atoms with Gasteiger partial charge < -0.3 is 15.2 Å². The molecule has 0 atom stereocenters. The minimum Gasteiger partial charge on any atom is -0.495 e. The minimum atomic E-state index is -1.18. The first kappa shape index (κ1) is 15.5. The highest BCUT2D eigenvalue weighted by molar-refractivity contribution is 5.92. The second kappa shape index (κ2) is 6.25. The van der Waals surface area contributed by atoms with E-state index >= 15 is 0 Å². The molecule has 0 aliphatic carbocycles. The van der Waals surface area contributed by atoms with E-state index in [1.807, 2.05) is 13.0 Å². The molecule has 0 unspecified atom stereocenters. The molecular weight excluding hydrogens is 288 g/mol. The standard InChI is InChI=1S/C14H16N4O4/c1-8-4-5-11(22-3)10(6-8)15-12(19)7-18-9(2)13(14(20)21)16-17-18/h4-6H,7H2,1-3H3,(H,15,19)(H,20,21). The van der Waals surface area contributed by atoms with Gasteiger partial charge >= 0.3 is 5.97 Å². The van der Waals surface area contributed by atoms with Crippen LogP contribution in [0.1, 0.15) is 21.7 Å². The Balaban J connectivity index is 2.14. The van der Waals surface area contributed by atoms with Crippen molar-refractivity contribution in [1.29, 1.82) is 0 Å². The highest BCUT2D eigenvalue weighted by Crippen LogP contribution is 2.25. The molecule has 0 aliphatic rings. The maximum Gasteiger partial charge on any atom is 0.358 e. The van der Waals surface area contributed by atoms with Crippen LogP contribution in [-0.4, -0.2) is 39.1 Å². The van der Waals surface area contributed by atoms with Gasteiger partial charge in [-0.05, 0) is 31.5 Å². The Hall–Kier alpha value is -2.90. The fourth-order valence-corrected chi connectivity index (χ4v) is 1.95. The van der Waals surface area contributed by atoms with Crippen LogP contribution >= 0.6 is 0 Å². The van der Waals surface area contributed by atoms with E-state index in [0.717, 1.165) is 5.56 Å². The third kappa shape index (κ3) is 3.22. The van der Waals surface area contributed by atoms with Gasteiger partial charge in [0.25, 0.3) is 0 Å². The molecular formula is C14H16N4O4. The van der Waals surface area contributed by atoms with E-state index in [-0.39, 0.29) is 18.1 Å². The van der Waals surface area contributed by atoms with Gasteiger partial charge in [0.1, 0.15) is 12.3 Å². The highest BCUT2D eigenvalue weighted by Gasteiger charge is 2.17. The van der Waals surface area contributed by atoms with Gasteiger partial charge in [-0.3, -0.25) is 4.79 Å². The first-order chi connectivity index (χ1) is 10.4. The van der Waals surface area contributed by atoms with E-state index in [0.29, 0.717) is 17.1 Å². The van der Waals surface area contributed by atoms with E-state index in [2.05, 4.69) is 15.6 Å². The van der Waals surface area contributed by atoms with Crippen LogP contribution in [0.4, 0.5) is 5.69 Å². The third-order valence-corrected chi connectivity index (χ3v) is 3.11. The number of hydrogen-bond donors (Lipinski definition) is 2. The Bertz CT molecular complexity index is 724. The molecule has 1 amide bonds. The van der Waals surface area contributed by atoms with E-state index < -0.39 is 5.97 Å². The molecule has 0 spiro atoms. The van der Waals surface area contributed by atoms with Crippen molar-refractivity contribution >= 4 is 17.6 Å². The number of carboxylic acids is 1. The zero-order valence-electron chi connectivity index (χ0n) is 12.5. The van der Waals surface area contributed by atoms with Crippen molar-refractivity contribution in [3.05, 3.63) is 35.2 Å². The number of nitrogens with one attached hydrogen (secondary N) is 1. The number of aromatic carboxylic acids is 1. The zero-order valence-corrected chi connectivity index (χ0v) is 12.5. The second-order valence-corrected chi connectivity index (χ2v) is 4.74. The van der Waals surface area contributed by atoms with E-state index in [1.54, 1.807) is 19.1 Å². The number of ether oxygens (including phenoxy) is 1. The summed E-state index contributed by atoms with van der Waals surface area (Å²) in [6.45, 7) is 3.31. The Kier molecular flexibility index (Phi) is 4.40. The van der Waals surface area contributed by atoms with Gasteiger partial charge in [-0.25, -0.2) is 9.48 Å². The van der Waals surface area contributed by atoms with Crippen molar-refractivity contribution in [3.63, 3.8) is 0 Å². The molecule has 116 valence electrons. The lowest BCUT2D eigenvalue weighted by Gasteiger charge is -2.11. The number of carbonyl (C=O) groups excluding carboxylic acids is 1. The molecule has 0 saturated carbocycles. The zero-order chi connectivity index (χ0) is 16.3. The van der Waals surface area contributed by atoms with Crippen LogP contribution in [0.15, 0.2) is 18.2 Å². The summed E-state index contributed by atoms with van der Waals surface area (Å²) in [6, 6.07) is 5.41. The van der Waals surface area contributed by atoms with Gasteiger partial charge in [-0.2, -0.15) is 0 Å². The number of hydrogen-bond acceptors (Lipinski definition) is 5. The smallest absolute Gasteiger partial charge is 0.358 e. The Morgan fingerprint density at radius 2 is 2.09 bits per heavy atom. The van der Waals surface area contributed by atoms with Crippen molar-refractivity contribution < 1.29 is 19.4 Å². The van der Waals surface area contributed by atoms with Gasteiger partial charge in [0, 0.05) is 0 Å². The topological polar surface area (TPSA) is 106 Å². The molecule has 1 heterocycles. The average Bonchev–Trinajstić information content (AvgIpc) is 2.80. The summed E-state index contributed by atoms with van der Waals surface area (Å²) in [5.41, 5.74) is 1.67. The fraction of sp³-hybridized carbons (Fsp3) is 0.286. The van der Waals surface area contributed by atoms with Crippen LogP contribution in [-0.2, 0) is 11.3 Å². The number of methoxy groups -OCH3 is 1. The average molecular weight is 304 g/mol. The summed E-state index contributed by atoms with van der Waals surface area (Å²) in [4.78, 5) is 23.0. The molecule has 2 N–H and O–H groups in total. The number of anilines is 1. The van der Waals surface area contributed by atoms with Crippen LogP contribution in [0.2, 0.25) is 0 Å². The summed E-state index contributed by atoms with van der Waals surface area (Å²) in [6.07, 6.45) is 0. The first-order valence-electron chi connectivity index (χ1n) is 6.50. The van der Waals surface area contributed by atoms with Crippen molar-refractivity contribution in [3.8, 4) is 5.75 Å². The molecule has 1 aromatic heterocycles. The van der Waals surface area contributed by atoms with Crippen LogP contribution < -0.4 is 10.1 Å². The van der Waals surface area contributed by atoms with Gasteiger partial charge in [0.2, 0.25) is 5.91 Å². The highest BCUT2D eigenvalue weighted by atomic mass is 16.5. The number of benzene rings is 1. The number of carbonyl (C=O) groups is 2. The number of nitrogens with zero attached hydrogens (tertiary/aromatic N) is 3. The Morgan fingerprint density at radius 3 is 2.68 bits per heavy atom. The molecule has 0 radical (unpaired) electrons. The molecule has 2 rings (SSSR count). The number of aryl methyl sites for hydroxylation is 1. The lowest BCUT2D eigenvalue weighted by atomic mass is 10.2. The van der Waals surface area contributed by atoms with Crippen LogP contribution in [0, 0.1) is 13.8 Å². The predicted molar refractivity (Wildman–Crippen MR) is 78.1 cm³/mol. The van der Waals surface area contributed by atoms with Crippen molar-refractivity contribution in [2.75, 3.05) is 12.4 Å². The Labute approximate surface area is 126 Å². The molecule has 0 fully saturated rings. The molecule has 0 saturated heterocycles. The summed E-state index contributed by atoms with van der Waals surface area (Å²) in [5, 5.41) is 18.8. The molecule has 22 heavy (non-hydrogen) atoms. The van der Waals surface area contributed by atoms with E-state index in [9.17, 15) is 9.59 Å². The predicted octanol–water partition coefficient (Wildman–Crippen LogP) is 1.24. The van der Waals surface area contributed by atoms with Gasteiger partial charge in [-0.1, -0.05) is 11.3 Å². The van der Waals surface area contributed by atoms with Crippen LogP contribution in [0.25, 0.3) is 0 Å².